The molecular weight excluding hydrogens is 514 g/mol. The van der Waals surface area contributed by atoms with Gasteiger partial charge in [-0.15, -0.1) is 0 Å². The third-order valence-electron chi connectivity index (χ3n) is 5.89. The number of aryl methyl sites for hydroxylation is 1. The van der Waals surface area contributed by atoms with Crippen LogP contribution in [0.4, 0.5) is 5.69 Å². The molecule has 1 atom stereocenters. The molecule has 0 fully saturated rings. The Balaban J connectivity index is 2.09. The van der Waals surface area contributed by atoms with Crippen LogP contribution in [0.2, 0.25) is 5.02 Å². The van der Waals surface area contributed by atoms with Gasteiger partial charge in [-0.25, -0.2) is 8.42 Å². The molecule has 196 valence electrons. The van der Waals surface area contributed by atoms with E-state index in [2.05, 4.69) is 5.32 Å². The van der Waals surface area contributed by atoms with Crippen LogP contribution in [0.15, 0.2) is 77.7 Å². The topological polar surface area (TPSA) is 96.0 Å². The summed E-state index contributed by atoms with van der Waals surface area (Å²) in [7, 11) is -1.26. The maximum absolute atomic E-state index is 13.8. The molecule has 0 aliphatic carbocycles. The summed E-state index contributed by atoms with van der Waals surface area (Å²) in [5, 5.41) is 3.09. The molecule has 0 aromatic heterocycles. The predicted molar refractivity (Wildman–Crippen MR) is 144 cm³/mol. The Kier molecular flexibility index (Phi) is 9.18. The number of likely N-dealkylation sites (N-methyl/N-ethyl adjacent to an activating group) is 1. The monoisotopic (exact) mass is 543 g/mol. The first-order valence-corrected chi connectivity index (χ1v) is 13.4. The largest absolute Gasteiger partial charge is 0.495 e. The number of amides is 2. The summed E-state index contributed by atoms with van der Waals surface area (Å²) in [5.74, 6) is -0.650. The summed E-state index contributed by atoms with van der Waals surface area (Å²) in [6, 6.07) is 19.0. The van der Waals surface area contributed by atoms with Crippen LogP contribution in [-0.4, -0.2) is 51.9 Å². The summed E-state index contributed by atoms with van der Waals surface area (Å²) in [4.78, 5) is 27.7. The predicted octanol–water partition coefficient (Wildman–Crippen LogP) is 4.02. The van der Waals surface area contributed by atoms with Crippen LogP contribution in [0, 0.1) is 6.92 Å². The average molecular weight is 544 g/mol. The van der Waals surface area contributed by atoms with E-state index in [1.165, 1.54) is 31.2 Å². The molecule has 8 nitrogen and oxygen atoms in total. The number of benzene rings is 3. The number of carbonyl (C=O) groups is 2. The summed E-state index contributed by atoms with van der Waals surface area (Å²) < 4.78 is 34.1. The number of methoxy groups -OCH3 is 1. The summed E-state index contributed by atoms with van der Waals surface area (Å²) in [6.45, 7) is 2.94. The highest BCUT2D eigenvalue weighted by Gasteiger charge is 2.33. The molecule has 37 heavy (non-hydrogen) atoms. The maximum atomic E-state index is 13.8. The number of hydrogen-bond donors (Lipinski definition) is 1. The van der Waals surface area contributed by atoms with Crippen molar-refractivity contribution in [2.45, 2.75) is 31.3 Å². The van der Waals surface area contributed by atoms with Crippen LogP contribution in [0.3, 0.4) is 0 Å². The third kappa shape index (κ3) is 6.61. The van der Waals surface area contributed by atoms with Gasteiger partial charge in [0, 0.05) is 18.6 Å². The molecule has 0 radical (unpaired) electrons. The Morgan fingerprint density at radius 2 is 1.68 bits per heavy atom. The van der Waals surface area contributed by atoms with Gasteiger partial charge in [0.25, 0.3) is 10.0 Å². The minimum absolute atomic E-state index is 0.0231. The fourth-order valence-corrected chi connectivity index (χ4v) is 5.37. The van der Waals surface area contributed by atoms with Crippen molar-refractivity contribution in [3.05, 3.63) is 88.9 Å². The lowest BCUT2D eigenvalue weighted by atomic mass is 10.1. The third-order valence-corrected chi connectivity index (χ3v) is 7.92. The van der Waals surface area contributed by atoms with E-state index in [0.717, 1.165) is 15.4 Å². The van der Waals surface area contributed by atoms with Crippen molar-refractivity contribution in [3.8, 4) is 5.75 Å². The van der Waals surface area contributed by atoms with Gasteiger partial charge in [0.05, 0.1) is 17.7 Å². The molecule has 0 saturated heterocycles. The van der Waals surface area contributed by atoms with Crippen molar-refractivity contribution in [2.24, 2.45) is 0 Å². The lowest BCUT2D eigenvalue weighted by Crippen LogP contribution is -2.50. The number of hydrogen-bond acceptors (Lipinski definition) is 5. The van der Waals surface area contributed by atoms with Gasteiger partial charge in [0.2, 0.25) is 11.8 Å². The van der Waals surface area contributed by atoms with E-state index >= 15 is 0 Å². The molecule has 0 aliphatic heterocycles. The summed E-state index contributed by atoms with van der Waals surface area (Å²) in [5.41, 5.74) is 1.74. The number of anilines is 1. The van der Waals surface area contributed by atoms with Gasteiger partial charge in [0.1, 0.15) is 18.3 Å². The second kappa shape index (κ2) is 12.1. The Hall–Kier alpha value is -3.56. The fraction of sp³-hybridized carbons (Fsp3) is 0.259. The first kappa shape index (κ1) is 28.0. The van der Waals surface area contributed by atoms with Crippen LogP contribution >= 0.6 is 11.6 Å². The van der Waals surface area contributed by atoms with E-state index in [0.29, 0.717) is 10.8 Å². The van der Waals surface area contributed by atoms with E-state index in [1.807, 2.05) is 6.92 Å². The van der Waals surface area contributed by atoms with Gasteiger partial charge < -0.3 is 15.0 Å². The zero-order valence-corrected chi connectivity index (χ0v) is 22.7. The lowest BCUT2D eigenvalue weighted by molar-refractivity contribution is -0.139. The van der Waals surface area contributed by atoms with Crippen LogP contribution in [0.25, 0.3) is 0 Å². The molecule has 0 saturated carbocycles. The number of halogens is 1. The molecule has 0 unspecified atom stereocenters. The highest BCUT2D eigenvalue weighted by Crippen LogP contribution is 2.33. The standard InChI is InChI=1S/C27H30ClN3O5S/c1-19-10-15-25(36-4)24(16-19)31(37(34,35)23-8-6-5-7-9-23)18-26(32)30(20(2)27(33)29-3)17-21-11-13-22(28)14-12-21/h5-16,20H,17-18H2,1-4H3,(H,29,33)/t20-/m0/s1. The quantitative estimate of drug-likeness (QED) is 0.417. The molecule has 2 amide bonds. The first-order chi connectivity index (χ1) is 17.6. The second-order valence-corrected chi connectivity index (χ2v) is 10.7. The minimum atomic E-state index is -4.17. The van der Waals surface area contributed by atoms with E-state index < -0.39 is 28.5 Å². The molecule has 0 bridgehead atoms. The first-order valence-electron chi connectivity index (χ1n) is 11.6. The number of nitrogens with zero attached hydrogens (tertiary/aromatic N) is 2. The van der Waals surface area contributed by atoms with Crippen LogP contribution in [-0.2, 0) is 26.2 Å². The number of carbonyl (C=O) groups excluding carboxylic acids is 2. The van der Waals surface area contributed by atoms with Crippen molar-refractivity contribution in [2.75, 3.05) is 25.0 Å². The second-order valence-electron chi connectivity index (χ2n) is 8.44. The van der Waals surface area contributed by atoms with E-state index in [-0.39, 0.29) is 23.0 Å². The summed E-state index contributed by atoms with van der Waals surface area (Å²) in [6.07, 6.45) is 0. The molecule has 3 rings (SSSR count). The molecule has 0 heterocycles. The molecular formula is C27H30ClN3O5S. The van der Waals surface area contributed by atoms with E-state index in [1.54, 1.807) is 67.6 Å². The van der Waals surface area contributed by atoms with Crippen molar-refractivity contribution in [1.29, 1.82) is 0 Å². The van der Waals surface area contributed by atoms with Gasteiger partial charge in [0.15, 0.2) is 0 Å². The van der Waals surface area contributed by atoms with E-state index in [4.69, 9.17) is 16.3 Å². The minimum Gasteiger partial charge on any atom is -0.495 e. The van der Waals surface area contributed by atoms with Gasteiger partial charge in [-0.2, -0.15) is 0 Å². The normalized spacial score (nSPS) is 11.9. The van der Waals surface area contributed by atoms with Crippen LogP contribution in [0.5, 0.6) is 5.75 Å². The highest BCUT2D eigenvalue weighted by atomic mass is 35.5. The molecule has 3 aromatic carbocycles. The Labute approximate surface area is 222 Å². The zero-order valence-electron chi connectivity index (χ0n) is 21.1. The lowest BCUT2D eigenvalue weighted by Gasteiger charge is -2.32. The zero-order chi connectivity index (χ0) is 27.2. The van der Waals surface area contributed by atoms with Crippen LogP contribution < -0.4 is 14.4 Å². The van der Waals surface area contributed by atoms with Crippen molar-refractivity contribution in [1.82, 2.24) is 10.2 Å². The number of nitrogens with one attached hydrogen (secondary N) is 1. The van der Waals surface area contributed by atoms with Crippen LogP contribution in [0.1, 0.15) is 18.1 Å². The molecule has 10 heteroatoms. The molecule has 0 aliphatic rings. The SMILES string of the molecule is CNC(=O)[C@H](C)N(Cc1ccc(Cl)cc1)C(=O)CN(c1cc(C)ccc1OC)S(=O)(=O)c1ccccc1. The van der Waals surface area contributed by atoms with Crippen molar-refractivity contribution < 1.29 is 22.7 Å². The fourth-order valence-electron chi connectivity index (χ4n) is 3.81. The molecule has 1 N–H and O–H groups in total. The Morgan fingerprint density at radius 3 is 2.27 bits per heavy atom. The Morgan fingerprint density at radius 1 is 1.03 bits per heavy atom. The van der Waals surface area contributed by atoms with Gasteiger partial charge >= 0.3 is 0 Å². The van der Waals surface area contributed by atoms with Gasteiger partial charge in [-0.3, -0.25) is 13.9 Å². The van der Waals surface area contributed by atoms with E-state index in [9.17, 15) is 18.0 Å². The Bertz CT molecular complexity index is 1350. The molecule has 0 spiro atoms. The molecule has 3 aromatic rings. The van der Waals surface area contributed by atoms with Crippen molar-refractivity contribution in [3.63, 3.8) is 0 Å². The summed E-state index contributed by atoms with van der Waals surface area (Å²) >= 11 is 6.00. The highest BCUT2D eigenvalue weighted by molar-refractivity contribution is 7.92. The smallest absolute Gasteiger partial charge is 0.264 e. The maximum Gasteiger partial charge on any atom is 0.264 e. The number of ether oxygens (including phenoxy) is 1. The van der Waals surface area contributed by atoms with Crippen molar-refractivity contribution >= 4 is 39.1 Å². The number of rotatable bonds is 10. The number of sulfonamides is 1. The average Bonchev–Trinajstić information content (AvgIpc) is 2.90. The van der Waals surface area contributed by atoms with Gasteiger partial charge in [-0.05, 0) is 61.4 Å². The van der Waals surface area contributed by atoms with Gasteiger partial charge in [-0.1, -0.05) is 48.0 Å².